The Labute approximate surface area is 143 Å². The molecule has 4 saturated carbocycles. The smallest absolute Gasteiger partial charge is 0.317 e. The molecule has 1 N–H and O–H groups in total. The molecule has 2 amide bonds. The molecule has 0 heterocycles. The van der Waals surface area contributed by atoms with E-state index in [0.717, 1.165) is 34.3 Å². The predicted molar refractivity (Wildman–Crippen MR) is 92.3 cm³/mol. The maximum atomic E-state index is 12.6. The summed E-state index contributed by atoms with van der Waals surface area (Å²) in [6, 6.07) is 8.19. The van der Waals surface area contributed by atoms with Crippen molar-refractivity contribution >= 4 is 17.6 Å². The van der Waals surface area contributed by atoms with E-state index in [2.05, 4.69) is 5.32 Å². The van der Waals surface area contributed by atoms with Gasteiger partial charge in [0.1, 0.15) is 0 Å². The highest BCUT2D eigenvalue weighted by atomic mass is 35.5. The summed E-state index contributed by atoms with van der Waals surface area (Å²) in [5.41, 5.74) is 1.11. The van der Waals surface area contributed by atoms with Gasteiger partial charge in [0.2, 0.25) is 0 Å². The summed E-state index contributed by atoms with van der Waals surface area (Å²) < 4.78 is 0. The highest BCUT2D eigenvalue weighted by Gasteiger charge is 2.48. The first-order valence-electron chi connectivity index (χ1n) is 8.84. The summed E-state index contributed by atoms with van der Waals surface area (Å²) in [7, 11) is 1.88. The molecule has 1 aromatic rings. The first-order valence-corrected chi connectivity index (χ1v) is 9.22. The number of urea groups is 1. The summed E-state index contributed by atoms with van der Waals surface area (Å²) in [5, 5.41) is 4.09. The van der Waals surface area contributed by atoms with Crippen LogP contribution < -0.4 is 5.32 Å². The van der Waals surface area contributed by atoms with Gasteiger partial charge in [0.05, 0.1) is 0 Å². The molecule has 0 saturated heterocycles. The monoisotopic (exact) mass is 332 g/mol. The molecule has 4 fully saturated rings. The van der Waals surface area contributed by atoms with Crippen LogP contribution in [0.3, 0.4) is 0 Å². The summed E-state index contributed by atoms with van der Waals surface area (Å²) in [6.45, 7) is 0.621. The van der Waals surface area contributed by atoms with Gasteiger partial charge in [0.15, 0.2) is 0 Å². The zero-order valence-corrected chi connectivity index (χ0v) is 14.4. The van der Waals surface area contributed by atoms with E-state index in [0.29, 0.717) is 12.6 Å². The highest BCUT2D eigenvalue weighted by Crippen LogP contribution is 2.53. The molecule has 0 spiro atoms. The molecule has 23 heavy (non-hydrogen) atoms. The van der Waals surface area contributed by atoms with Gasteiger partial charge in [0, 0.05) is 24.7 Å². The van der Waals surface area contributed by atoms with E-state index < -0.39 is 0 Å². The molecule has 124 valence electrons. The van der Waals surface area contributed by atoms with Crippen molar-refractivity contribution in [3.05, 3.63) is 34.9 Å². The second-order valence-electron chi connectivity index (χ2n) is 7.89. The Morgan fingerprint density at radius 3 is 2.22 bits per heavy atom. The zero-order chi connectivity index (χ0) is 16.0. The maximum absolute atomic E-state index is 12.6. The molecule has 4 heteroatoms. The number of nitrogens with one attached hydrogen (secondary N) is 1. The number of rotatable bonds is 3. The van der Waals surface area contributed by atoms with Gasteiger partial charge < -0.3 is 10.2 Å². The van der Waals surface area contributed by atoms with Gasteiger partial charge in [-0.15, -0.1) is 0 Å². The molecule has 0 atom stereocenters. The normalized spacial score (nSPS) is 34.4. The van der Waals surface area contributed by atoms with Crippen LogP contribution in [-0.2, 0) is 6.54 Å². The van der Waals surface area contributed by atoms with E-state index in [4.69, 9.17) is 11.6 Å². The van der Waals surface area contributed by atoms with Crippen LogP contribution in [0.25, 0.3) is 0 Å². The summed E-state index contributed by atoms with van der Waals surface area (Å²) >= 11 is 5.92. The summed E-state index contributed by atoms with van der Waals surface area (Å²) in [6.07, 6.45) is 6.78. The number of hydrogen-bond donors (Lipinski definition) is 1. The first-order chi connectivity index (χ1) is 11.1. The van der Waals surface area contributed by atoms with Gasteiger partial charge in [-0.05, 0) is 73.5 Å². The third-order valence-corrected chi connectivity index (χ3v) is 6.45. The fourth-order valence-corrected chi connectivity index (χ4v) is 5.48. The van der Waals surface area contributed by atoms with E-state index in [1.54, 1.807) is 4.90 Å². The fraction of sp³-hybridized carbons (Fsp3) is 0.632. The Hall–Kier alpha value is -1.22. The van der Waals surface area contributed by atoms with Crippen LogP contribution in [0, 0.1) is 23.7 Å². The molecule has 3 nitrogen and oxygen atoms in total. The Kier molecular flexibility index (Phi) is 4.00. The predicted octanol–water partition coefficient (Wildman–Crippen LogP) is 4.31. The minimum atomic E-state index is 0.0671. The van der Waals surface area contributed by atoms with Crippen molar-refractivity contribution in [2.24, 2.45) is 23.7 Å². The molecule has 5 rings (SSSR count). The van der Waals surface area contributed by atoms with Crippen molar-refractivity contribution in [3.8, 4) is 0 Å². The van der Waals surface area contributed by atoms with Crippen molar-refractivity contribution < 1.29 is 4.79 Å². The lowest BCUT2D eigenvalue weighted by Gasteiger charge is -2.54. The van der Waals surface area contributed by atoms with Gasteiger partial charge in [-0.3, -0.25) is 0 Å². The second kappa shape index (κ2) is 6.01. The van der Waals surface area contributed by atoms with Crippen LogP contribution in [-0.4, -0.2) is 24.0 Å². The average molecular weight is 333 g/mol. The van der Waals surface area contributed by atoms with E-state index >= 15 is 0 Å². The number of nitrogens with zero attached hydrogens (tertiary/aromatic N) is 1. The summed E-state index contributed by atoms with van der Waals surface area (Å²) in [4.78, 5) is 14.4. The summed E-state index contributed by atoms with van der Waals surface area (Å²) in [5.74, 6) is 3.33. The standard InChI is InChI=1S/C19H25ClN2O/c1-22(11-12-2-4-17(20)5-3-12)19(23)21-18-15-7-13-6-14(9-15)10-16(18)8-13/h2-5,13-16,18H,6-11H2,1H3,(H,21,23). The van der Waals surface area contributed by atoms with Gasteiger partial charge in [-0.1, -0.05) is 23.7 Å². The number of amides is 2. The van der Waals surface area contributed by atoms with Gasteiger partial charge >= 0.3 is 6.03 Å². The Bertz CT molecular complexity index is 558. The molecule has 4 bridgehead atoms. The second-order valence-corrected chi connectivity index (χ2v) is 8.32. The largest absolute Gasteiger partial charge is 0.335 e. The van der Waals surface area contributed by atoms with Crippen LogP contribution in [0.15, 0.2) is 24.3 Å². The lowest BCUT2D eigenvalue weighted by Crippen LogP contribution is -2.57. The molecule has 4 aliphatic carbocycles. The minimum absolute atomic E-state index is 0.0671. The van der Waals surface area contributed by atoms with Crippen molar-refractivity contribution in [1.29, 1.82) is 0 Å². The molecule has 0 aliphatic heterocycles. The first kappa shape index (κ1) is 15.3. The van der Waals surface area contributed by atoms with Gasteiger partial charge in [-0.25, -0.2) is 4.79 Å². The molecule has 4 aliphatic rings. The topological polar surface area (TPSA) is 32.3 Å². The molecule has 1 aromatic carbocycles. The van der Waals surface area contributed by atoms with E-state index in [1.807, 2.05) is 31.3 Å². The van der Waals surface area contributed by atoms with Crippen LogP contribution in [0.2, 0.25) is 5.02 Å². The molecular formula is C19H25ClN2O. The van der Waals surface area contributed by atoms with E-state index in [9.17, 15) is 4.79 Å². The van der Waals surface area contributed by atoms with Crippen LogP contribution in [0.5, 0.6) is 0 Å². The van der Waals surface area contributed by atoms with Crippen molar-refractivity contribution in [3.63, 3.8) is 0 Å². The van der Waals surface area contributed by atoms with Crippen LogP contribution >= 0.6 is 11.6 Å². The lowest BCUT2D eigenvalue weighted by atomic mass is 9.54. The van der Waals surface area contributed by atoms with Crippen molar-refractivity contribution in [2.75, 3.05) is 7.05 Å². The Morgan fingerprint density at radius 2 is 1.65 bits per heavy atom. The zero-order valence-electron chi connectivity index (χ0n) is 13.7. The number of carbonyl (C=O) groups is 1. The minimum Gasteiger partial charge on any atom is -0.335 e. The van der Waals surface area contributed by atoms with E-state index in [-0.39, 0.29) is 6.03 Å². The average Bonchev–Trinajstić information content (AvgIpc) is 2.52. The van der Waals surface area contributed by atoms with Crippen molar-refractivity contribution in [2.45, 2.75) is 44.7 Å². The molecular weight excluding hydrogens is 308 g/mol. The number of benzene rings is 1. The lowest BCUT2D eigenvalue weighted by molar-refractivity contribution is -0.0108. The van der Waals surface area contributed by atoms with Crippen LogP contribution in [0.1, 0.15) is 37.7 Å². The quantitative estimate of drug-likeness (QED) is 0.879. The van der Waals surface area contributed by atoms with Gasteiger partial charge in [0.25, 0.3) is 0 Å². The number of carbonyl (C=O) groups excluding carboxylic acids is 1. The fourth-order valence-electron chi connectivity index (χ4n) is 5.35. The maximum Gasteiger partial charge on any atom is 0.317 e. The third kappa shape index (κ3) is 3.08. The number of hydrogen-bond acceptors (Lipinski definition) is 1. The molecule has 0 unspecified atom stereocenters. The number of halogens is 1. The Balaban J connectivity index is 1.37. The van der Waals surface area contributed by atoms with E-state index in [1.165, 1.54) is 32.1 Å². The highest BCUT2D eigenvalue weighted by molar-refractivity contribution is 6.30. The van der Waals surface area contributed by atoms with Gasteiger partial charge in [-0.2, -0.15) is 0 Å². The third-order valence-electron chi connectivity index (χ3n) is 6.20. The van der Waals surface area contributed by atoms with Crippen LogP contribution in [0.4, 0.5) is 4.79 Å². The molecule has 0 radical (unpaired) electrons. The molecule has 0 aromatic heterocycles. The SMILES string of the molecule is CN(Cc1ccc(Cl)cc1)C(=O)NC1C2CC3CC(C2)CC1C3. The Morgan fingerprint density at radius 1 is 1.09 bits per heavy atom. The van der Waals surface area contributed by atoms with Crippen molar-refractivity contribution in [1.82, 2.24) is 10.2 Å².